The molecule has 2 heterocycles. The zero-order valence-electron chi connectivity index (χ0n) is 17.1. The number of benzene rings is 2. The number of hydrogen-bond acceptors (Lipinski definition) is 4. The number of H-pyrrole nitrogens is 1. The summed E-state index contributed by atoms with van der Waals surface area (Å²) in [7, 11) is 0. The van der Waals surface area contributed by atoms with E-state index in [2.05, 4.69) is 58.2 Å². The molecule has 0 amide bonds. The molecule has 1 aromatic heterocycles. The number of rotatable bonds is 4. The molecule has 1 fully saturated rings. The molecular weight excluding hydrogens is 360 g/mol. The number of nitrogens with one attached hydrogen (secondary N) is 2. The van der Waals surface area contributed by atoms with Gasteiger partial charge in [0.2, 0.25) is 0 Å². The van der Waals surface area contributed by atoms with Gasteiger partial charge in [-0.25, -0.2) is 5.53 Å². The molecule has 1 aliphatic rings. The lowest BCUT2D eigenvalue weighted by Gasteiger charge is -2.37. The molecule has 6 heteroatoms. The van der Waals surface area contributed by atoms with E-state index in [9.17, 15) is 0 Å². The molecule has 2 aromatic carbocycles. The first-order valence-electron chi connectivity index (χ1n) is 10.2. The fourth-order valence-corrected chi connectivity index (χ4v) is 4.67. The van der Waals surface area contributed by atoms with Gasteiger partial charge in [-0.2, -0.15) is 5.10 Å². The second-order valence-corrected chi connectivity index (χ2v) is 7.93. The van der Waals surface area contributed by atoms with Gasteiger partial charge in [0.1, 0.15) is 0 Å². The maximum atomic E-state index is 7.30. The highest BCUT2D eigenvalue weighted by molar-refractivity contribution is 5.98. The highest BCUT2D eigenvalue weighted by Crippen LogP contribution is 2.35. The van der Waals surface area contributed by atoms with Crippen LogP contribution in [0.1, 0.15) is 53.1 Å². The summed E-state index contributed by atoms with van der Waals surface area (Å²) in [4.78, 5) is 5.98. The van der Waals surface area contributed by atoms with E-state index in [1.165, 1.54) is 46.0 Å². The van der Waals surface area contributed by atoms with Crippen LogP contribution in [0.2, 0.25) is 0 Å². The van der Waals surface area contributed by atoms with E-state index in [1.54, 1.807) is 0 Å². The predicted octanol–water partition coefficient (Wildman–Crippen LogP) is 5.16. The van der Waals surface area contributed by atoms with Crippen LogP contribution in [0.4, 0.5) is 0 Å². The number of nitrogens with zero attached hydrogens (tertiary/aromatic N) is 3. The Morgan fingerprint density at radius 1 is 1.21 bits per heavy atom. The highest BCUT2D eigenvalue weighted by Gasteiger charge is 2.25. The average molecular weight is 389 g/mol. The van der Waals surface area contributed by atoms with Crippen molar-refractivity contribution in [2.75, 3.05) is 6.54 Å². The molecule has 1 aliphatic heterocycles. The molecule has 4 rings (SSSR count). The minimum absolute atomic E-state index is 0.262. The van der Waals surface area contributed by atoms with Gasteiger partial charge >= 0.3 is 0 Å². The first-order chi connectivity index (χ1) is 14.1. The van der Waals surface area contributed by atoms with Gasteiger partial charge in [0.25, 0.3) is 0 Å². The van der Waals surface area contributed by atoms with Crippen LogP contribution in [0, 0.1) is 19.4 Å². The van der Waals surface area contributed by atoms with Gasteiger partial charge in [-0.05, 0) is 67.6 Å². The zero-order chi connectivity index (χ0) is 20.4. The maximum Gasteiger partial charge on any atom is 0.199 e. The van der Waals surface area contributed by atoms with Crippen molar-refractivity contribution in [2.45, 2.75) is 45.7 Å². The number of nitrogens with two attached hydrogens (primary N) is 1. The van der Waals surface area contributed by atoms with Crippen molar-refractivity contribution in [2.24, 2.45) is 16.1 Å². The molecule has 0 bridgehead atoms. The summed E-state index contributed by atoms with van der Waals surface area (Å²) in [5.74, 6) is 5.67. The van der Waals surface area contributed by atoms with Crippen molar-refractivity contribution >= 4 is 16.7 Å². The van der Waals surface area contributed by atoms with E-state index in [4.69, 9.17) is 11.4 Å². The Labute approximate surface area is 171 Å². The second kappa shape index (κ2) is 8.17. The number of likely N-dealkylation sites (tertiary alicyclic amines) is 1. The largest absolute Gasteiger partial charge is 0.361 e. The van der Waals surface area contributed by atoms with E-state index in [-0.39, 0.29) is 5.84 Å². The number of fused-ring (bicyclic) bond motifs is 1. The van der Waals surface area contributed by atoms with Gasteiger partial charge < -0.3 is 10.8 Å². The second-order valence-electron chi connectivity index (χ2n) is 7.93. The number of aromatic amines is 1. The Morgan fingerprint density at radius 3 is 2.86 bits per heavy atom. The number of hydrogen-bond donors (Lipinski definition) is 3. The van der Waals surface area contributed by atoms with Crippen molar-refractivity contribution in [1.29, 1.82) is 5.53 Å². The summed E-state index contributed by atoms with van der Waals surface area (Å²) in [6.45, 7) is 6.39. The molecule has 29 heavy (non-hydrogen) atoms. The smallest absolute Gasteiger partial charge is 0.199 e. The quantitative estimate of drug-likeness (QED) is 0.189. The molecule has 0 aliphatic carbocycles. The van der Waals surface area contributed by atoms with Gasteiger partial charge in [0.05, 0.1) is 0 Å². The summed E-state index contributed by atoms with van der Waals surface area (Å²) in [6, 6.07) is 13.0. The van der Waals surface area contributed by atoms with Gasteiger partial charge in [0, 0.05) is 35.2 Å². The standard InChI is InChI=1S/C23H28N6/c1-15-12-16(2)22-19(9-10-26-22)20(15)14-29-11-4-3-8-21(29)17-6-5-7-18(13-17)23(27-24)28-25/h5-7,9-10,12-13,21,24,26H,3-4,8,11,14,25H2,1-2H3. The van der Waals surface area contributed by atoms with E-state index < -0.39 is 0 Å². The Hall–Kier alpha value is -2.99. The van der Waals surface area contributed by atoms with Crippen molar-refractivity contribution in [3.8, 4) is 0 Å². The highest BCUT2D eigenvalue weighted by atomic mass is 15.2. The number of amidine groups is 1. The van der Waals surface area contributed by atoms with Gasteiger partial charge in [-0.1, -0.05) is 30.7 Å². The Balaban J connectivity index is 1.69. The Kier molecular flexibility index (Phi) is 5.45. The summed E-state index contributed by atoms with van der Waals surface area (Å²) in [5.41, 5.74) is 14.6. The molecule has 0 radical (unpaired) electrons. The molecule has 1 saturated heterocycles. The summed E-state index contributed by atoms with van der Waals surface area (Å²) in [6.07, 6.45) is 5.60. The molecule has 1 atom stereocenters. The molecule has 1 unspecified atom stereocenters. The van der Waals surface area contributed by atoms with Crippen LogP contribution in [0.5, 0.6) is 0 Å². The van der Waals surface area contributed by atoms with E-state index in [1.807, 2.05) is 18.3 Å². The molecule has 150 valence electrons. The molecule has 0 spiro atoms. The first kappa shape index (κ1) is 19.3. The molecular formula is C23H28N6. The molecule has 0 saturated carbocycles. The third kappa shape index (κ3) is 3.68. The van der Waals surface area contributed by atoms with Gasteiger partial charge in [-0.15, -0.1) is 5.11 Å². The van der Waals surface area contributed by atoms with Crippen LogP contribution < -0.4 is 5.84 Å². The lowest BCUT2D eigenvalue weighted by atomic mass is 9.92. The zero-order valence-corrected chi connectivity index (χ0v) is 17.1. The Bertz CT molecular complexity index is 1060. The van der Waals surface area contributed by atoms with Crippen molar-refractivity contribution in [3.63, 3.8) is 0 Å². The van der Waals surface area contributed by atoms with Crippen molar-refractivity contribution in [3.05, 3.63) is 70.4 Å². The number of hydrazone groups is 1. The maximum absolute atomic E-state index is 7.30. The monoisotopic (exact) mass is 388 g/mol. The van der Waals surface area contributed by atoms with Crippen molar-refractivity contribution < 1.29 is 0 Å². The SMILES string of the molecule is Cc1cc(C)c2[nH]ccc2c1CN1CCCCC1c1cccc(C(N=N)=NN)c1. The van der Waals surface area contributed by atoms with Gasteiger partial charge in [-0.3, -0.25) is 4.90 Å². The van der Waals surface area contributed by atoms with Crippen LogP contribution in [0.15, 0.2) is 52.8 Å². The minimum atomic E-state index is 0.262. The average Bonchev–Trinajstić information content (AvgIpc) is 3.23. The third-order valence-corrected chi connectivity index (χ3v) is 6.11. The predicted molar refractivity (Wildman–Crippen MR) is 117 cm³/mol. The summed E-state index contributed by atoms with van der Waals surface area (Å²) in [5, 5.41) is 8.42. The molecule has 6 nitrogen and oxygen atoms in total. The fourth-order valence-electron chi connectivity index (χ4n) is 4.67. The van der Waals surface area contributed by atoms with Crippen LogP contribution in [0.25, 0.3) is 10.9 Å². The fraction of sp³-hybridized carbons (Fsp3) is 0.348. The van der Waals surface area contributed by atoms with E-state index in [0.29, 0.717) is 6.04 Å². The number of aromatic nitrogens is 1. The third-order valence-electron chi connectivity index (χ3n) is 6.11. The summed E-state index contributed by atoms with van der Waals surface area (Å²) >= 11 is 0. The van der Waals surface area contributed by atoms with Gasteiger partial charge in [0.15, 0.2) is 5.84 Å². The lowest BCUT2D eigenvalue weighted by molar-refractivity contribution is 0.141. The molecule has 3 aromatic rings. The first-order valence-corrected chi connectivity index (χ1v) is 10.2. The normalized spacial score (nSPS) is 18.3. The van der Waals surface area contributed by atoms with Crippen LogP contribution in [-0.2, 0) is 6.54 Å². The van der Waals surface area contributed by atoms with Crippen LogP contribution in [-0.4, -0.2) is 22.3 Å². The number of aryl methyl sites for hydroxylation is 2. The minimum Gasteiger partial charge on any atom is -0.361 e. The van der Waals surface area contributed by atoms with Crippen LogP contribution >= 0.6 is 0 Å². The van der Waals surface area contributed by atoms with Crippen molar-refractivity contribution in [1.82, 2.24) is 9.88 Å². The molecule has 4 N–H and O–H groups in total. The summed E-state index contributed by atoms with van der Waals surface area (Å²) < 4.78 is 0. The topological polar surface area (TPSA) is 93.6 Å². The number of piperidine rings is 1. The Morgan fingerprint density at radius 2 is 2.07 bits per heavy atom. The van der Waals surface area contributed by atoms with Crippen LogP contribution in [0.3, 0.4) is 0 Å². The lowest BCUT2D eigenvalue weighted by Crippen LogP contribution is -2.33. The van der Waals surface area contributed by atoms with E-state index >= 15 is 0 Å². The van der Waals surface area contributed by atoms with E-state index in [0.717, 1.165) is 25.1 Å².